The summed E-state index contributed by atoms with van der Waals surface area (Å²) in [6, 6.07) is 1.19. The Labute approximate surface area is 117 Å². The first-order chi connectivity index (χ1) is 9.25. The highest BCUT2D eigenvalue weighted by atomic mass is 16.2. The van der Waals surface area contributed by atoms with Crippen molar-refractivity contribution in [2.75, 3.05) is 6.54 Å². The number of likely N-dealkylation sites (tertiary alicyclic amines) is 1. The zero-order valence-corrected chi connectivity index (χ0v) is 12.2. The van der Waals surface area contributed by atoms with Gasteiger partial charge in [-0.2, -0.15) is 0 Å². The minimum Gasteiger partial charge on any atom is -0.339 e. The van der Waals surface area contributed by atoms with Crippen LogP contribution in [0.5, 0.6) is 0 Å². The van der Waals surface area contributed by atoms with Crippen LogP contribution in [-0.4, -0.2) is 35.5 Å². The average Bonchev–Trinajstić information content (AvgIpc) is 2.74. The summed E-state index contributed by atoms with van der Waals surface area (Å²) in [5.41, 5.74) is 0. The molecule has 1 saturated carbocycles. The molecule has 3 heteroatoms. The first-order valence-corrected chi connectivity index (χ1v) is 8.32. The second-order valence-electron chi connectivity index (χ2n) is 6.84. The maximum atomic E-state index is 12.8. The molecular weight excluding hydrogens is 236 g/mol. The SMILES string of the molecule is CC1CCCCCN1C(=O)C1CC2CCCCC2N1. The zero-order chi connectivity index (χ0) is 13.2. The maximum Gasteiger partial charge on any atom is 0.239 e. The van der Waals surface area contributed by atoms with Crippen LogP contribution < -0.4 is 5.32 Å². The number of fused-ring (bicyclic) bond motifs is 1. The molecule has 3 rings (SSSR count). The summed E-state index contributed by atoms with van der Waals surface area (Å²) in [6.07, 6.45) is 11.4. The van der Waals surface area contributed by atoms with Gasteiger partial charge in [0, 0.05) is 18.6 Å². The summed E-state index contributed by atoms with van der Waals surface area (Å²) >= 11 is 0. The van der Waals surface area contributed by atoms with E-state index >= 15 is 0 Å². The van der Waals surface area contributed by atoms with E-state index < -0.39 is 0 Å². The van der Waals surface area contributed by atoms with Gasteiger partial charge in [-0.3, -0.25) is 4.79 Å². The first-order valence-electron chi connectivity index (χ1n) is 8.32. The highest BCUT2D eigenvalue weighted by Gasteiger charge is 2.40. The van der Waals surface area contributed by atoms with Crippen LogP contribution in [-0.2, 0) is 4.79 Å². The van der Waals surface area contributed by atoms with Crippen LogP contribution in [0, 0.1) is 5.92 Å². The molecule has 4 atom stereocenters. The van der Waals surface area contributed by atoms with E-state index in [9.17, 15) is 4.79 Å². The first kappa shape index (κ1) is 13.4. The van der Waals surface area contributed by atoms with Crippen molar-refractivity contribution < 1.29 is 4.79 Å². The molecule has 4 unspecified atom stereocenters. The number of amides is 1. The zero-order valence-electron chi connectivity index (χ0n) is 12.2. The van der Waals surface area contributed by atoms with Crippen LogP contribution in [0.25, 0.3) is 0 Å². The third-order valence-electron chi connectivity index (χ3n) is 5.50. The van der Waals surface area contributed by atoms with E-state index in [1.54, 1.807) is 0 Å². The van der Waals surface area contributed by atoms with Crippen molar-refractivity contribution in [3.05, 3.63) is 0 Å². The molecule has 0 aromatic rings. The van der Waals surface area contributed by atoms with Crippen molar-refractivity contribution in [1.29, 1.82) is 0 Å². The van der Waals surface area contributed by atoms with Gasteiger partial charge in [-0.1, -0.05) is 25.7 Å². The lowest BCUT2D eigenvalue weighted by atomic mass is 9.85. The van der Waals surface area contributed by atoms with Gasteiger partial charge in [0.25, 0.3) is 0 Å². The van der Waals surface area contributed by atoms with E-state index in [2.05, 4.69) is 17.1 Å². The Hall–Kier alpha value is -0.570. The molecule has 0 radical (unpaired) electrons. The predicted octanol–water partition coefficient (Wildman–Crippen LogP) is 2.70. The Kier molecular flexibility index (Phi) is 4.11. The second-order valence-corrected chi connectivity index (χ2v) is 6.84. The van der Waals surface area contributed by atoms with E-state index in [0.717, 1.165) is 18.9 Å². The van der Waals surface area contributed by atoms with Crippen molar-refractivity contribution in [1.82, 2.24) is 10.2 Å². The molecule has 1 amide bonds. The molecule has 0 spiro atoms. The number of hydrogen-bond acceptors (Lipinski definition) is 2. The van der Waals surface area contributed by atoms with Gasteiger partial charge in [-0.25, -0.2) is 0 Å². The van der Waals surface area contributed by atoms with Crippen molar-refractivity contribution in [3.63, 3.8) is 0 Å². The molecule has 3 nitrogen and oxygen atoms in total. The van der Waals surface area contributed by atoms with Crippen molar-refractivity contribution >= 4 is 5.91 Å². The molecule has 0 bridgehead atoms. The normalized spacial score (nSPS) is 39.7. The molecule has 1 aliphatic carbocycles. The summed E-state index contributed by atoms with van der Waals surface area (Å²) in [4.78, 5) is 14.9. The lowest BCUT2D eigenvalue weighted by molar-refractivity contribution is -0.135. The Morgan fingerprint density at radius 1 is 1.05 bits per heavy atom. The summed E-state index contributed by atoms with van der Waals surface area (Å²) in [7, 11) is 0. The van der Waals surface area contributed by atoms with E-state index in [4.69, 9.17) is 0 Å². The van der Waals surface area contributed by atoms with Crippen LogP contribution in [0.1, 0.15) is 64.7 Å². The minimum absolute atomic E-state index is 0.119. The Bertz CT molecular complexity index is 317. The van der Waals surface area contributed by atoms with E-state index in [1.807, 2.05) is 0 Å². The molecule has 1 N–H and O–H groups in total. The molecule has 3 fully saturated rings. The third-order valence-corrected chi connectivity index (χ3v) is 5.50. The Morgan fingerprint density at radius 2 is 1.84 bits per heavy atom. The molecule has 108 valence electrons. The van der Waals surface area contributed by atoms with Crippen molar-refractivity contribution in [2.45, 2.75) is 82.8 Å². The van der Waals surface area contributed by atoms with Gasteiger partial charge in [-0.15, -0.1) is 0 Å². The van der Waals surface area contributed by atoms with E-state index in [1.165, 1.54) is 51.4 Å². The number of carbonyl (C=O) groups is 1. The van der Waals surface area contributed by atoms with E-state index in [-0.39, 0.29) is 6.04 Å². The molecule has 19 heavy (non-hydrogen) atoms. The van der Waals surface area contributed by atoms with Gasteiger partial charge in [0.2, 0.25) is 5.91 Å². The van der Waals surface area contributed by atoms with Crippen LogP contribution in [0.15, 0.2) is 0 Å². The molecule has 0 aromatic heterocycles. The molecule has 0 aromatic carbocycles. The van der Waals surface area contributed by atoms with Gasteiger partial charge < -0.3 is 10.2 Å². The number of hydrogen-bond donors (Lipinski definition) is 1. The standard InChI is InChI=1S/C16H28N2O/c1-12-7-3-2-6-10-18(12)16(19)15-11-13-8-4-5-9-14(13)17-15/h12-15,17H,2-11H2,1H3. The van der Waals surface area contributed by atoms with Crippen LogP contribution in [0.2, 0.25) is 0 Å². The summed E-state index contributed by atoms with van der Waals surface area (Å²) < 4.78 is 0. The highest BCUT2D eigenvalue weighted by molar-refractivity contribution is 5.82. The van der Waals surface area contributed by atoms with Gasteiger partial charge in [0.1, 0.15) is 0 Å². The summed E-state index contributed by atoms with van der Waals surface area (Å²) in [5, 5.41) is 3.64. The van der Waals surface area contributed by atoms with Gasteiger partial charge in [0.05, 0.1) is 6.04 Å². The van der Waals surface area contributed by atoms with E-state index in [0.29, 0.717) is 18.0 Å². The molecule has 2 aliphatic heterocycles. The molecular formula is C16H28N2O. The fraction of sp³-hybridized carbons (Fsp3) is 0.938. The van der Waals surface area contributed by atoms with Crippen molar-refractivity contribution in [2.24, 2.45) is 5.92 Å². The number of rotatable bonds is 1. The number of nitrogens with one attached hydrogen (secondary N) is 1. The highest BCUT2D eigenvalue weighted by Crippen LogP contribution is 2.34. The Morgan fingerprint density at radius 3 is 2.68 bits per heavy atom. The smallest absolute Gasteiger partial charge is 0.239 e. The minimum atomic E-state index is 0.119. The van der Waals surface area contributed by atoms with Crippen molar-refractivity contribution in [3.8, 4) is 0 Å². The average molecular weight is 264 g/mol. The third kappa shape index (κ3) is 2.81. The molecule has 3 aliphatic rings. The molecule has 2 heterocycles. The number of nitrogens with zero attached hydrogens (tertiary/aromatic N) is 1. The molecule has 2 saturated heterocycles. The number of carbonyl (C=O) groups excluding carboxylic acids is 1. The fourth-order valence-electron chi connectivity index (χ4n) is 4.31. The van der Waals surface area contributed by atoms with Gasteiger partial charge in [0.15, 0.2) is 0 Å². The van der Waals surface area contributed by atoms with Gasteiger partial charge in [-0.05, 0) is 44.9 Å². The quantitative estimate of drug-likeness (QED) is 0.790. The van der Waals surface area contributed by atoms with Crippen LogP contribution in [0.4, 0.5) is 0 Å². The van der Waals surface area contributed by atoms with Crippen LogP contribution in [0.3, 0.4) is 0 Å². The largest absolute Gasteiger partial charge is 0.339 e. The maximum absolute atomic E-state index is 12.8. The lowest BCUT2D eigenvalue weighted by Crippen LogP contribution is -2.48. The summed E-state index contributed by atoms with van der Waals surface area (Å²) in [6.45, 7) is 3.21. The fourth-order valence-corrected chi connectivity index (χ4v) is 4.31. The van der Waals surface area contributed by atoms with Crippen LogP contribution >= 0.6 is 0 Å². The lowest BCUT2D eigenvalue weighted by Gasteiger charge is -2.30. The Balaban J connectivity index is 1.63. The second kappa shape index (κ2) is 5.82. The monoisotopic (exact) mass is 264 g/mol. The predicted molar refractivity (Wildman–Crippen MR) is 76.9 cm³/mol. The van der Waals surface area contributed by atoms with Gasteiger partial charge >= 0.3 is 0 Å². The topological polar surface area (TPSA) is 32.3 Å². The summed E-state index contributed by atoms with van der Waals surface area (Å²) in [5.74, 6) is 1.16.